The van der Waals surface area contributed by atoms with Gasteiger partial charge in [-0.3, -0.25) is 4.79 Å². The van der Waals surface area contributed by atoms with Crippen molar-refractivity contribution >= 4 is 5.91 Å². The Morgan fingerprint density at radius 3 is 2.88 bits per heavy atom. The summed E-state index contributed by atoms with van der Waals surface area (Å²) in [6.45, 7) is 7.73. The largest absolute Gasteiger partial charge is 0.353 e. The van der Waals surface area contributed by atoms with Gasteiger partial charge in [-0.15, -0.1) is 6.58 Å². The molecule has 1 aliphatic heterocycles. The number of rotatable bonds is 6. The zero-order valence-electron chi connectivity index (χ0n) is 10.3. The maximum Gasteiger partial charge on any atom is 0.223 e. The standard InChI is InChI=1S/C13H24N2O/c1-3-4-5-6-11(2)15-13(16)12-7-9-14-10-8-12/h3,11-12,14H,1,4-10H2,2H3,(H,15,16). The summed E-state index contributed by atoms with van der Waals surface area (Å²) in [6.07, 6.45) is 7.07. The summed E-state index contributed by atoms with van der Waals surface area (Å²) in [5, 5.41) is 6.38. The van der Waals surface area contributed by atoms with Crippen LogP contribution in [0.1, 0.15) is 39.0 Å². The molecule has 1 aliphatic rings. The minimum Gasteiger partial charge on any atom is -0.353 e. The second-order valence-corrected chi connectivity index (χ2v) is 4.65. The van der Waals surface area contributed by atoms with E-state index in [9.17, 15) is 4.79 Å². The van der Waals surface area contributed by atoms with Crippen molar-refractivity contribution in [2.75, 3.05) is 13.1 Å². The third kappa shape index (κ3) is 4.79. The predicted molar refractivity (Wildman–Crippen MR) is 67.2 cm³/mol. The summed E-state index contributed by atoms with van der Waals surface area (Å²) in [6, 6.07) is 0.294. The highest BCUT2D eigenvalue weighted by Gasteiger charge is 2.21. The van der Waals surface area contributed by atoms with Crippen LogP contribution in [0.5, 0.6) is 0 Å². The van der Waals surface area contributed by atoms with Crippen LogP contribution >= 0.6 is 0 Å². The monoisotopic (exact) mass is 224 g/mol. The molecule has 1 heterocycles. The van der Waals surface area contributed by atoms with Gasteiger partial charge in [0, 0.05) is 12.0 Å². The number of nitrogens with one attached hydrogen (secondary N) is 2. The minimum atomic E-state index is 0.225. The first kappa shape index (κ1) is 13.2. The van der Waals surface area contributed by atoms with Gasteiger partial charge in [0.2, 0.25) is 5.91 Å². The van der Waals surface area contributed by atoms with Gasteiger partial charge >= 0.3 is 0 Å². The van der Waals surface area contributed by atoms with Gasteiger partial charge in [0.25, 0.3) is 0 Å². The maximum atomic E-state index is 11.9. The molecule has 1 atom stereocenters. The van der Waals surface area contributed by atoms with Crippen LogP contribution in [-0.4, -0.2) is 25.0 Å². The van der Waals surface area contributed by atoms with Crippen molar-refractivity contribution in [3.63, 3.8) is 0 Å². The van der Waals surface area contributed by atoms with E-state index < -0.39 is 0 Å². The molecule has 16 heavy (non-hydrogen) atoms. The van der Waals surface area contributed by atoms with Crippen LogP contribution in [0, 0.1) is 5.92 Å². The van der Waals surface area contributed by atoms with Gasteiger partial charge in [-0.2, -0.15) is 0 Å². The Labute approximate surface area is 98.7 Å². The van der Waals surface area contributed by atoms with Gasteiger partial charge in [0.1, 0.15) is 0 Å². The quantitative estimate of drug-likeness (QED) is 0.534. The highest BCUT2D eigenvalue weighted by molar-refractivity contribution is 5.79. The summed E-state index contributed by atoms with van der Waals surface area (Å²) in [7, 11) is 0. The SMILES string of the molecule is C=CCCCC(C)NC(=O)C1CCNCC1. The molecule has 0 aromatic rings. The van der Waals surface area contributed by atoms with E-state index in [1.165, 1.54) is 0 Å². The van der Waals surface area contributed by atoms with E-state index in [2.05, 4.69) is 24.1 Å². The van der Waals surface area contributed by atoms with Gasteiger partial charge in [-0.1, -0.05) is 6.08 Å². The van der Waals surface area contributed by atoms with E-state index in [0.29, 0.717) is 6.04 Å². The number of allylic oxidation sites excluding steroid dienone is 1. The fourth-order valence-corrected chi connectivity index (χ4v) is 2.09. The molecule has 0 saturated carbocycles. The molecular weight excluding hydrogens is 200 g/mol. The molecule has 0 aliphatic carbocycles. The van der Waals surface area contributed by atoms with Crippen LogP contribution in [0.3, 0.4) is 0 Å². The first-order valence-electron chi connectivity index (χ1n) is 6.36. The summed E-state index contributed by atoms with van der Waals surface area (Å²) < 4.78 is 0. The van der Waals surface area contributed by atoms with Crippen molar-refractivity contribution < 1.29 is 4.79 Å². The van der Waals surface area contributed by atoms with Gasteiger partial charge in [0.15, 0.2) is 0 Å². The van der Waals surface area contributed by atoms with Crippen LogP contribution in [0.2, 0.25) is 0 Å². The number of hydrogen-bond acceptors (Lipinski definition) is 2. The van der Waals surface area contributed by atoms with Crippen LogP contribution in [0.15, 0.2) is 12.7 Å². The fourth-order valence-electron chi connectivity index (χ4n) is 2.09. The second kappa shape index (κ2) is 7.44. The lowest BCUT2D eigenvalue weighted by Gasteiger charge is -2.23. The zero-order chi connectivity index (χ0) is 11.8. The fraction of sp³-hybridized carbons (Fsp3) is 0.769. The lowest BCUT2D eigenvalue weighted by atomic mass is 9.96. The molecule has 3 nitrogen and oxygen atoms in total. The van der Waals surface area contributed by atoms with Crippen molar-refractivity contribution in [3.8, 4) is 0 Å². The smallest absolute Gasteiger partial charge is 0.223 e. The van der Waals surface area contributed by atoms with Crippen molar-refractivity contribution in [1.29, 1.82) is 0 Å². The van der Waals surface area contributed by atoms with Crippen LogP contribution < -0.4 is 10.6 Å². The first-order chi connectivity index (χ1) is 7.74. The van der Waals surface area contributed by atoms with Crippen molar-refractivity contribution in [3.05, 3.63) is 12.7 Å². The van der Waals surface area contributed by atoms with E-state index in [1.807, 2.05) is 6.08 Å². The molecule has 0 bridgehead atoms. The van der Waals surface area contributed by atoms with Gasteiger partial charge in [-0.25, -0.2) is 0 Å². The van der Waals surface area contributed by atoms with Crippen molar-refractivity contribution in [1.82, 2.24) is 10.6 Å². The Balaban J connectivity index is 2.18. The van der Waals surface area contributed by atoms with Crippen LogP contribution in [-0.2, 0) is 4.79 Å². The predicted octanol–water partition coefficient (Wildman–Crippen LogP) is 1.85. The van der Waals surface area contributed by atoms with Crippen molar-refractivity contribution in [2.45, 2.75) is 45.1 Å². The molecule has 0 spiro atoms. The Kier molecular flexibility index (Phi) is 6.16. The van der Waals surface area contributed by atoms with Gasteiger partial charge in [0.05, 0.1) is 0 Å². The topological polar surface area (TPSA) is 41.1 Å². The second-order valence-electron chi connectivity index (χ2n) is 4.65. The van der Waals surface area contributed by atoms with E-state index in [-0.39, 0.29) is 11.8 Å². The molecule has 1 fully saturated rings. The van der Waals surface area contributed by atoms with Gasteiger partial charge in [-0.05, 0) is 52.1 Å². The number of piperidine rings is 1. The average Bonchev–Trinajstić information content (AvgIpc) is 2.30. The molecule has 92 valence electrons. The number of carbonyl (C=O) groups excluding carboxylic acids is 1. The summed E-state index contributed by atoms with van der Waals surface area (Å²) in [5.74, 6) is 0.468. The normalized spacial score (nSPS) is 19.1. The maximum absolute atomic E-state index is 11.9. The Morgan fingerprint density at radius 2 is 2.25 bits per heavy atom. The molecule has 2 N–H and O–H groups in total. The highest BCUT2D eigenvalue weighted by atomic mass is 16.1. The number of carbonyl (C=O) groups is 1. The number of unbranched alkanes of at least 4 members (excludes halogenated alkanes) is 1. The Bertz CT molecular complexity index is 222. The summed E-state index contributed by atoms with van der Waals surface area (Å²) in [5.41, 5.74) is 0. The van der Waals surface area contributed by atoms with E-state index in [0.717, 1.165) is 45.2 Å². The molecule has 1 unspecified atom stereocenters. The summed E-state index contributed by atoms with van der Waals surface area (Å²) >= 11 is 0. The molecule has 3 heteroatoms. The minimum absolute atomic E-state index is 0.225. The number of hydrogen-bond donors (Lipinski definition) is 2. The first-order valence-corrected chi connectivity index (χ1v) is 6.36. The number of amides is 1. The van der Waals surface area contributed by atoms with Crippen LogP contribution in [0.25, 0.3) is 0 Å². The molecule has 1 rings (SSSR count). The Morgan fingerprint density at radius 1 is 1.56 bits per heavy atom. The van der Waals surface area contributed by atoms with Gasteiger partial charge < -0.3 is 10.6 Å². The molecule has 1 amide bonds. The molecular formula is C13H24N2O. The average molecular weight is 224 g/mol. The van der Waals surface area contributed by atoms with Crippen LogP contribution in [0.4, 0.5) is 0 Å². The summed E-state index contributed by atoms with van der Waals surface area (Å²) in [4.78, 5) is 11.9. The third-order valence-corrected chi connectivity index (χ3v) is 3.14. The van der Waals surface area contributed by atoms with E-state index in [1.54, 1.807) is 0 Å². The third-order valence-electron chi connectivity index (χ3n) is 3.14. The lowest BCUT2D eigenvalue weighted by Crippen LogP contribution is -2.41. The molecule has 0 aromatic heterocycles. The molecule has 1 saturated heterocycles. The molecule has 0 radical (unpaired) electrons. The Hall–Kier alpha value is -0.830. The highest BCUT2D eigenvalue weighted by Crippen LogP contribution is 2.12. The van der Waals surface area contributed by atoms with E-state index in [4.69, 9.17) is 0 Å². The van der Waals surface area contributed by atoms with E-state index >= 15 is 0 Å². The zero-order valence-corrected chi connectivity index (χ0v) is 10.3. The lowest BCUT2D eigenvalue weighted by molar-refractivity contribution is -0.126. The molecule has 0 aromatic carbocycles. The van der Waals surface area contributed by atoms with Crippen molar-refractivity contribution in [2.24, 2.45) is 5.92 Å².